The lowest BCUT2D eigenvalue weighted by atomic mass is 9.88. The molecule has 3 aromatic rings. The highest BCUT2D eigenvalue weighted by Gasteiger charge is 2.39. The maximum atomic E-state index is 14.7. The van der Waals surface area contributed by atoms with Crippen LogP contribution in [0.2, 0.25) is 0 Å². The molecule has 2 fully saturated rings. The minimum atomic E-state index is -5.14. The van der Waals surface area contributed by atoms with Gasteiger partial charge in [0.1, 0.15) is 5.69 Å². The van der Waals surface area contributed by atoms with Crippen molar-refractivity contribution in [2.45, 2.75) is 24.6 Å². The van der Waals surface area contributed by atoms with Crippen LogP contribution in [0.25, 0.3) is 22.3 Å². The van der Waals surface area contributed by atoms with Gasteiger partial charge in [-0.3, -0.25) is 0 Å². The van der Waals surface area contributed by atoms with Gasteiger partial charge in [0, 0.05) is 57.2 Å². The van der Waals surface area contributed by atoms with Crippen molar-refractivity contribution >= 4 is 17.0 Å². The van der Waals surface area contributed by atoms with E-state index in [-0.39, 0.29) is 22.3 Å². The average molecular weight is 484 g/mol. The summed E-state index contributed by atoms with van der Waals surface area (Å²) in [5.74, 6) is -4.93. The monoisotopic (exact) mass is 484 g/mol. The number of piperazine rings is 1. The summed E-state index contributed by atoms with van der Waals surface area (Å²) in [6, 6.07) is 0.297. The Morgan fingerprint density at radius 3 is 2.62 bits per heavy atom. The molecular weight excluding hydrogens is 463 g/mol. The Balaban J connectivity index is 1.56. The third kappa shape index (κ3) is 3.72. The van der Waals surface area contributed by atoms with Crippen LogP contribution in [0.1, 0.15) is 18.4 Å². The largest absolute Gasteiger partial charge is 0.503 e. The van der Waals surface area contributed by atoms with Gasteiger partial charge in [-0.1, -0.05) is 0 Å². The van der Waals surface area contributed by atoms with Gasteiger partial charge in [-0.25, -0.2) is 18.4 Å². The van der Waals surface area contributed by atoms with E-state index in [9.17, 15) is 27.1 Å². The number of anilines is 1. The van der Waals surface area contributed by atoms with Gasteiger partial charge in [-0.05, 0) is 18.9 Å². The van der Waals surface area contributed by atoms with Crippen molar-refractivity contribution in [2.24, 2.45) is 7.05 Å². The van der Waals surface area contributed by atoms with Gasteiger partial charge in [0.2, 0.25) is 5.95 Å². The van der Waals surface area contributed by atoms with Crippen LogP contribution in [0.3, 0.4) is 0 Å². The summed E-state index contributed by atoms with van der Waals surface area (Å²) < 4.78 is 75.0. The Morgan fingerprint density at radius 2 is 1.91 bits per heavy atom. The molecule has 8 nitrogen and oxygen atoms in total. The Morgan fingerprint density at radius 1 is 1.18 bits per heavy atom. The van der Waals surface area contributed by atoms with Gasteiger partial charge in [-0.15, -0.1) is 0 Å². The molecule has 0 saturated carbocycles. The molecule has 4 heterocycles. The van der Waals surface area contributed by atoms with Crippen molar-refractivity contribution in [1.82, 2.24) is 25.1 Å². The molecule has 1 aromatic carbocycles. The van der Waals surface area contributed by atoms with E-state index in [1.807, 2.05) is 4.90 Å². The number of phenols is 1. The Labute approximate surface area is 190 Å². The second-order valence-corrected chi connectivity index (χ2v) is 8.57. The fraction of sp³-hybridized carbons (Fsp3) is 0.476. The van der Waals surface area contributed by atoms with Crippen LogP contribution in [0, 0.1) is 11.6 Å². The molecule has 2 aromatic heterocycles. The van der Waals surface area contributed by atoms with Crippen LogP contribution in [0.5, 0.6) is 5.75 Å². The number of phenolic OH excluding ortho intramolecular Hbond substituents is 1. The number of aromatic hydroxyl groups is 1. The molecule has 2 saturated heterocycles. The molecule has 0 unspecified atom stereocenters. The lowest BCUT2D eigenvalue weighted by Crippen LogP contribution is -2.62. The van der Waals surface area contributed by atoms with Crippen molar-refractivity contribution in [3.63, 3.8) is 0 Å². The Kier molecular flexibility index (Phi) is 5.35. The number of rotatable bonds is 2. The molecule has 0 bridgehead atoms. The third-order valence-electron chi connectivity index (χ3n) is 6.41. The predicted octanol–water partition coefficient (Wildman–Crippen LogP) is 2.99. The van der Waals surface area contributed by atoms with Gasteiger partial charge in [0.05, 0.1) is 10.9 Å². The maximum absolute atomic E-state index is 14.7. The first-order valence-corrected chi connectivity index (χ1v) is 10.7. The van der Waals surface area contributed by atoms with Crippen molar-refractivity contribution in [1.29, 1.82) is 0 Å². The van der Waals surface area contributed by atoms with E-state index in [1.165, 1.54) is 17.9 Å². The first-order valence-electron chi connectivity index (χ1n) is 10.7. The van der Waals surface area contributed by atoms with Crippen LogP contribution in [0.15, 0.2) is 12.3 Å². The summed E-state index contributed by atoms with van der Waals surface area (Å²) in [4.78, 5) is 10.9. The lowest BCUT2D eigenvalue weighted by Gasteiger charge is -2.45. The number of halogens is 5. The quantitative estimate of drug-likeness (QED) is 0.541. The smallest absolute Gasteiger partial charge is 0.419 e. The number of ether oxygens (including phenoxy) is 1. The topological polar surface area (TPSA) is 88.3 Å². The number of nitrogens with one attached hydrogen (secondary N) is 1. The van der Waals surface area contributed by atoms with Gasteiger partial charge in [0.25, 0.3) is 0 Å². The zero-order chi connectivity index (χ0) is 24.3. The van der Waals surface area contributed by atoms with Crippen molar-refractivity contribution in [3.8, 4) is 17.0 Å². The molecule has 0 amide bonds. The fourth-order valence-corrected chi connectivity index (χ4v) is 4.61. The second kappa shape index (κ2) is 8.01. The summed E-state index contributed by atoms with van der Waals surface area (Å²) in [7, 11) is 1.51. The first kappa shape index (κ1) is 22.7. The van der Waals surface area contributed by atoms with E-state index in [1.54, 1.807) is 0 Å². The lowest BCUT2D eigenvalue weighted by molar-refractivity contribution is -0.140. The summed E-state index contributed by atoms with van der Waals surface area (Å²) in [6.07, 6.45) is -2.10. The van der Waals surface area contributed by atoms with Crippen molar-refractivity contribution in [3.05, 3.63) is 29.5 Å². The maximum Gasteiger partial charge on any atom is 0.419 e. The fourth-order valence-electron chi connectivity index (χ4n) is 4.61. The SMILES string of the molecule is Cn1nc(-c2cc(C(F)(F)F)c(F)c(O)c2F)c2cnc(N3CCNC4(CCOCC4)C3)nc21. The molecule has 2 N–H and O–H groups in total. The van der Waals surface area contributed by atoms with Crippen LogP contribution >= 0.6 is 0 Å². The van der Waals surface area contributed by atoms with Gasteiger partial charge in [-0.2, -0.15) is 23.3 Å². The number of nitrogens with zero attached hydrogens (tertiary/aromatic N) is 5. The molecule has 2 aliphatic heterocycles. The van der Waals surface area contributed by atoms with Gasteiger partial charge < -0.3 is 20.1 Å². The summed E-state index contributed by atoms with van der Waals surface area (Å²) in [5, 5.41) is 17.5. The van der Waals surface area contributed by atoms with Crippen LogP contribution in [-0.2, 0) is 18.0 Å². The van der Waals surface area contributed by atoms with Crippen LogP contribution < -0.4 is 10.2 Å². The highest BCUT2D eigenvalue weighted by molar-refractivity contribution is 5.91. The summed E-state index contributed by atoms with van der Waals surface area (Å²) in [5.41, 5.74) is -2.58. The zero-order valence-corrected chi connectivity index (χ0v) is 18.1. The minimum absolute atomic E-state index is 0.116. The minimum Gasteiger partial charge on any atom is -0.503 e. The standard InChI is InChI=1S/C21H21F5N6O2/c1-31-18-12(16(30-31)11-8-13(21(24,25)26)15(23)17(33)14(11)22)9-27-19(29-18)32-5-4-28-20(10-32)2-6-34-7-3-20/h8-9,28,33H,2-7,10H2,1H3. The highest BCUT2D eigenvalue weighted by atomic mass is 19.4. The molecular formula is C21H21F5N6O2. The van der Waals surface area contributed by atoms with Crippen LogP contribution in [-0.4, -0.2) is 63.2 Å². The zero-order valence-electron chi connectivity index (χ0n) is 18.1. The number of fused-ring (bicyclic) bond motifs is 1. The molecule has 5 rings (SSSR count). The first-order chi connectivity index (χ1) is 16.1. The third-order valence-corrected chi connectivity index (χ3v) is 6.41. The van der Waals surface area contributed by atoms with Gasteiger partial charge in [0.15, 0.2) is 23.0 Å². The second-order valence-electron chi connectivity index (χ2n) is 8.57. The van der Waals surface area contributed by atoms with Crippen LogP contribution in [0.4, 0.5) is 27.9 Å². The van der Waals surface area contributed by atoms with Gasteiger partial charge >= 0.3 is 6.18 Å². The number of hydrogen-bond acceptors (Lipinski definition) is 7. The molecule has 0 aliphatic carbocycles. The van der Waals surface area contributed by atoms with E-state index >= 15 is 0 Å². The summed E-state index contributed by atoms with van der Waals surface area (Å²) in [6.45, 7) is 3.33. The van der Waals surface area contributed by atoms with E-state index in [2.05, 4.69) is 20.4 Å². The molecule has 13 heteroatoms. The number of aryl methyl sites for hydroxylation is 1. The predicted molar refractivity (Wildman–Crippen MR) is 111 cm³/mol. The highest BCUT2D eigenvalue weighted by Crippen LogP contribution is 2.41. The Hall–Kier alpha value is -3.06. The normalized spacial score (nSPS) is 18.7. The molecule has 1 spiro atoms. The van der Waals surface area contributed by atoms with E-state index in [0.717, 1.165) is 19.4 Å². The molecule has 0 radical (unpaired) electrons. The van der Waals surface area contributed by atoms with E-state index < -0.39 is 34.7 Å². The molecule has 34 heavy (non-hydrogen) atoms. The van der Waals surface area contributed by atoms with E-state index in [4.69, 9.17) is 4.74 Å². The number of hydrogen-bond donors (Lipinski definition) is 2. The number of benzene rings is 1. The van der Waals surface area contributed by atoms with E-state index in [0.29, 0.717) is 38.3 Å². The van der Waals surface area contributed by atoms with Crippen molar-refractivity contribution in [2.75, 3.05) is 37.7 Å². The number of aromatic nitrogens is 4. The molecule has 0 atom stereocenters. The number of alkyl halides is 3. The molecule has 182 valence electrons. The van der Waals surface area contributed by atoms with Crippen molar-refractivity contribution < 1.29 is 31.8 Å². The molecule has 2 aliphatic rings. The summed E-state index contributed by atoms with van der Waals surface area (Å²) >= 11 is 0. The Bertz CT molecular complexity index is 1250. The average Bonchev–Trinajstić information content (AvgIpc) is 3.13.